The van der Waals surface area contributed by atoms with Crippen molar-refractivity contribution in [2.24, 2.45) is 0 Å². The van der Waals surface area contributed by atoms with E-state index in [-0.39, 0.29) is 23.7 Å². The first-order valence-electron chi connectivity index (χ1n) is 6.09. The molecule has 1 aliphatic heterocycles. The summed E-state index contributed by atoms with van der Waals surface area (Å²) < 4.78 is 15.4. The van der Waals surface area contributed by atoms with Gasteiger partial charge in [0, 0.05) is 13.2 Å². The van der Waals surface area contributed by atoms with Gasteiger partial charge in [-0.25, -0.2) is 4.79 Å². The molecule has 9 heteroatoms. The van der Waals surface area contributed by atoms with Crippen molar-refractivity contribution >= 4 is 17.3 Å². The Morgan fingerprint density at radius 3 is 2.62 bits per heavy atom. The number of carboxylic acid groups (broad SMARTS) is 1. The van der Waals surface area contributed by atoms with E-state index in [0.29, 0.717) is 19.0 Å². The number of hydrogen-bond donors (Lipinski definition) is 2. The molecule has 0 aromatic heterocycles. The molecule has 1 aromatic carbocycles. The van der Waals surface area contributed by atoms with Crippen molar-refractivity contribution in [2.45, 2.75) is 6.04 Å². The summed E-state index contributed by atoms with van der Waals surface area (Å²) in [6, 6.07) is 1.46. The molecule has 1 heterocycles. The van der Waals surface area contributed by atoms with Gasteiger partial charge in [-0.3, -0.25) is 10.1 Å². The second-order valence-corrected chi connectivity index (χ2v) is 4.26. The number of benzene rings is 1. The Hall–Kier alpha value is -2.55. The van der Waals surface area contributed by atoms with E-state index in [1.165, 1.54) is 19.2 Å². The molecule has 1 unspecified atom stereocenters. The van der Waals surface area contributed by atoms with Crippen LogP contribution in [0.5, 0.6) is 11.5 Å². The van der Waals surface area contributed by atoms with E-state index < -0.39 is 16.9 Å². The van der Waals surface area contributed by atoms with E-state index in [1.54, 1.807) is 0 Å². The van der Waals surface area contributed by atoms with Crippen LogP contribution in [0.25, 0.3) is 0 Å². The largest absolute Gasteiger partial charge is 0.486 e. The van der Waals surface area contributed by atoms with Crippen molar-refractivity contribution in [2.75, 3.05) is 32.2 Å². The van der Waals surface area contributed by atoms with E-state index in [9.17, 15) is 14.9 Å². The lowest BCUT2D eigenvalue weighted by atomic mass is 10.2. The number of rotatable bonds is 6. The zero-order valence-corrected chi connectivity index (χ0v) is 11.2. The molecule has 0 amide bonds. The van der Waals surface area contributed by atoms with Crippen molar-refractivity contribution in [3.63, 3.8) is 0 Å². The molecule has 21 heavy (non-hydrogen) atoms. The number of nitro groups is 1. The molecule has 0 fully saturated rings. The topological polar surface area (TPSA) is 120 Å². The van der Waals surface area contributed by atoms with Crippen LogP contribution in [0.3, 0.4) is 0 Å². The molecular weight excluding hydrogens is 284 g/mol. The number of carboxylic acids is 1. The molecule has 114 valence electrons. The van der Waals surface area contributed by atoms with E-state index in [0.717, 1.165) is 0 Å². The van der Waals surface area contributed by atoms with Crippen LogP contribution in [0, 0.1) is 10.1 Å². The zero-order valence-electron chi connectivity index (χ0n) is 11.2. The van der Waals surface area contributed by atoms with E-state index >= 15 is 0 Å². The Morgan fingerprint density at radius 1 is 1.48 bits per heavy atom. The zero-order chi connectivity index (χ0) is 15.4. The minimum Gasteiger partial charge on any atom is -0.486 e. The smallest absolute Gasteiger partial charge is 0.328 e. The average Bonchev–Trinajstić information content (AvgIpc) is 2.45. The molecule has 1 atom stereocenters. The van der Waals surface area contributed by atoms with E-state index in [2.05, 4.69) is 5.32 Å². The molecule has 0 spiro atoms. The number of hydrogen-bond acceptors (Lipinski definition) is 7. The van der Waals surface area contributed by atoms with Gasteiger partial charge >= 0.3 is 5.97 Å². The summed E-state index contributed by atoms with van der Waals surface area (Å²) in [4.78, 5) is 21.6. The highest BCUT2D eigenvalue weighted by atomic mass is 16.6. The van der Waals surface area contributed by atoms with Crippen LogP contribution in [0.2, 0.25) is 0 Å². The number of fused-ring (bicyclic) bond motifs is 1. The van der Waals surface area contributed by atoms with Gasteiger partial charge < -0.3 is 24.6 Å². The minimum atomic E-state index is -1.18. The second kappa shape index (κ2) is 6.27. The summed E-state index contributed by atoms with van der Waals surface area (Å²) in [7, 11) is 1.34. The van der Waals surface area contributed by atoms with Crippen LogP contribution in [0.4, 0.5) is 11.4 Å². The predicted octanol–water partition coefficient (Wildman–Crippen LogP) is 0.877. The van der Waals surface area contributed by atoms with Crippen LogP contribution in [0.1, 0.15) is 0 Å². The molecule has 0 saturated heterocycles. The third-order valence-corrected chi connectivity index (χ3v) is 2.82. The van der Waals surface area contributed by atoms with Gasteiger partial charge in [-0.2, -0.15) is 0 Å². The van der Waals surface area contributed by atoms with E-state index in [4.69, 9.17) is 19.3 Å². The maximum absolute atomic E-state index is 11.1. The highest BCUT2D eigenvalue weighted by molar-refractivity contribution is 5.80. The summed E-state index contributed by atoms with van der Waals surface area (Å²) in [5.74, 6) is -0.589. The Kier molecular flexibility index (Phi) is 4.43. The molecule has 9 nitrogen and oxygen atoms in total. The SMILES string of the molecule is COCC(Nc1cc2c(cc1[N+](=O)[O-])OCCO2)C(=O)O. The second-order valence-electron chi connectivity index (χ2n) is 4.26. The van der Waals surface area contributed by atoms with Gasteiger partial charge in [-0.05, 0) is 0 Å². The third kappa shape index (κ3) is 3.31. The molecule has 0 saturated carbocycles. The Bertz CT molecular complexity index is 561. The third-order valence-electron chi connectivity index (χ3n) is 2.82. The first-order valence-corrected chi connectivity index (χ1v) is 6.09. The highest BCUT2D eigenvalue weighted by Gasteiger charge is 2.26. The number of nitrogens with zero attached hydrogens (tertiary/aromatic N) is 1. The monoisotopic (exact) mass is 298 g/mol. The number of methoxy groups -OCH3 is 1. The van der Waals surface area contributed by atoms with Crippen molar-refractivity contribution in [3.8, 4) is 11.5 Å². The van der Waals surface area contributed by atoms with Crippen LogP contribution >= 0.6 is 0 Å². The van der Waals surface area contributed by atoms with Crippen molar-refractivity contribution in [3.05, 3.63) is 22.2 Å². The number of aliphatic carboxylic acids is 1. The average molecular weight is 298 g/mol. The standard InChI is InChI=1S/C12H14N2O7/c1-19-6-8(12(15)16)13-7-4-10-11(21-3-2-20-10)5-9(7)14(17)18/h4-5,8,13H,2-3,6H2,1H3,(H,15,16). The van der Waals surface area contributed by atoms with Crippen LogP contribution in [0.15, 0.2) is 12.1 Å². The lowest BCUT2D eigenvalue weighted by Crippen LogP contribution is -2.33. The fourth-order valence-corrected chi connectivity index (χ4v) is 1.87. The summed E-state index contributed by atoms with van der Waals surface area (Å²) in [5.41, 5.74) is -0.254. The minimum absolute atomic E-state index is 0.0358. The molecule has 2 rings (SSSR count). The van der Waals surface area contributed by atoms with Gasteiger partial charge in [0.25, 0.3) is 5.69 Å². The Labute approximate surface area is 119 Å². The van der Waals surface area contributed by atoms with Gasteiger partial charge in [-0.1, -0.05) is 0 Å². The molecular formula is C12H14N2O7. The van der Waals surface area contributed by atoms with Crippen molar-refractivity contribution < 1.29 is 29.0 Å². The molecule has 2 N–H and O–H groups in total. The van der Waals surface area contributed by atoms with Crippen LogP contribution < -0.4 is 14.8 Å². The number of nitro benzene ring substituents is 1. The summed E-state index contributed by atoms with van der Waals surface area (Å²) in [6.07, 6.45) is 0. The molecule has 0 bridgehead atoms. The fraction of sp³-hybridized carbons (Fsp3) is 0.417. The highest BCUT2D eigenvalue weighted by Crippen LogP contribution is 2.39. The van der Waals surface area contributed by atoms with Gasteiger partial charge in [-0.15, -0.1) is 0 Å². The van der Waals surface area contributed by atoms with Gasteiger partial charge in [0.15, 0.2) is 11.5 Å². The van der Waals surface area contributed by atoms with Crippen molar-refractivity contribution in [1.29, 1.82) is 0 Å². The summed E-state index contributed by atoms with van der Waals surface area (Å²) in [5, 5.41) is 22.8. The maximum Gasteiger partial charge on any atom is 0.328 e. The maximum atomic E-state index is 11.1. The number of carbonyl (C=O) groups is 1. The lowest BCUT2D eigenvalue weighted by molar-refractivity contribution is -0.384. The Balaban J connectivity index is 2.36. The first kappa shape index (κ1) is 14.9. The van der Waals surface area contributed by atoms with Crippen LogP contribution in [-0.4, -0.2) is 49.0 Å². The number of ether oxygens (including phenoxy) is 3. The Morgan fingerprint density at radius 2 is 2.10 bits per heavy atom. The molecule has 1 aliphatic rings. The van der Waals surface area contributed by atoms with Gasteiger partial charge in [0.1, 0.15) is 24.9 Å². The van der Waals surface area contributed by atoms with Gasteiger partial charge in [0.05, 0.1) is 17.6 Å². The number of anilines is 1. The van der Waals surface area contributed by atoms with E-state index in [1.807, 2.05) is 0 Å². The quantitative estimate of drug-likeness (QED) is 0.586. The predicted molar refractivity (Wildman–Crippen MR) is 71.0 cm³/mol. The van der Waals surface area contributed by atoms with Gasteiger partial charge in [0.2, 0.25) is 0 Å². The normalized spacial score (nSPS) is 14.3. The molecule has 0 aliphatic carbocycles. The number of nitrogens with one attached hydrogen (secondary N) is 1. The first-order chi connectivity index (χ1) is 10.0. The molecule has 0 radical (unpaired) electrons. The fourth-order valence-electron chi connectivity index (χ4n) is 1.87. The lowest BCUT2D eigenvalue weighted by Gasteiger charge is -2.20. The van der Waals surface area contributed by atoms with Crippen LogP contribution in [-0.2, 0) is 9.53 Å². The molecule has 1 aromatic rings. The summed E-state index contributed by atoms with van der Waals surface area (Å²) in [6.45, 7) is 0.490. The van der Waals surface area contributed by atoms with Crippen molar-refractivity contribution in [1.82, 2.24) is 0 Å². The summed E-state index contributed by atoms with van der Waals surface area (Å²) >= 11 is 0.